The van der Waals surface area contributed by atoms with Gasteiger partial charge in [-0.2, -0.15) is 0 Å². The van der Waals surface area contributed by atoms with Gasteiger partial charge in [-0.1, -0.05) is 12.1 Å². The molecular weight excluding hydrogens is 222 g/mol. The first-order chi connectivity index (χ1) is 8.22. The summed E-state index contributed by atoms with van der Waals surface area (Å²) in [5, 5.41) is 3.24. The zero-order valence-corrected chi connectivity index (χ0v) is 10.0. The Morgan fingerprint density at radius 2 is 2.06 bits per heavy atom. The highest BCUT2D eigenvalue weighted by Gasteiger charge is 2.22. The Balaban J connectivity index is 2.18. The van der Waals surface area contributed by atoms with E-state index in [1.54, 1.807) is 19.1 Å². The van der Waals surface area contributed by atoms with Gasteiger partial charge in [0.2, 0.25) is 0 Å². The number of halogens is 2. The van der Waals surface area contributed by atoms with Crippen LogP contribution in [0.15, 0.2) is 18.2 Å². The highest BCUT2D eigenvalue weighted by molar-refractivity contribution is 5.26. The van der Waals surface area contributed by atoms with Crippen LogP contribution >= 0.6 is 0 Å². The standard InChI is InChI=1S/C13H18F2N2/c1-10-8-11(2-3-12(10)15)13(9-14)17-6-4-16-5-7-17/h2-3,8,13,16H,4-7,9H2,1H3/t13-/m1/s1. The molecule has 1 aliphatic heterocycles. The number of nitrogens with zero attached hydrogens (tertiary/aromatic N) is 1. The summed E-state index contributed by atoms with van der Waals surface area (Å²) in [4.78, 5) is 2.11. The van der Waals surface area contributed by atoms with E-state index in [0.29, 0.717) is 5.56 Å². The van der Waals surface area contributed by atoms with Crippen molar-refractivity contribution in [3.63, 3.8) is 0 Å². The minimum absolute atomic E-state index is 0.230. The highest BCUT2D eigenvalue weighted by Crippen LogP contribution is 2.23. The van der Waals surface area contributed by atoms with E-state index >= 15 is 0 Å². The first-order valence-electron chi connectivity index (χ1n) is 5.99. The summed E-state index contributed by atoms with van der Waals surface area (Å²) >= 11 is 0. The van der Waals surface area contributed by atoms with E-state index in [2.05, 4.69) is 10.2 Å². The van der Waals surface area contributed by atoms with Crippen LogP contribution in [0, 0.1) is 12.7 Å². The van der Waals surface area contributed by atoms with Gasteiger partial charge in [0, 0.05) is 26.2 Å². The Hall–Kier alpha value is -1.00. The molecule has 0 spiro atoms. The van der Waals surface area contributed by atoms with Crippen molar-refractivity contribution in [3.8, 4) is 0 Å². The third-order valence-corrected chi connectivity index (χ3v) is 3.31. The van der Waals surface area contributed by atoms with E-state index in [4.69, 9.17) is 0 Å². The number of nitrogens with one attached hydrogen (secondary N) is 1. The fourth-order valence-corrected chi connectivity index (χ4v) is 2.27. The molecule has 0 unspecified atom stereocenters. The van der Waals surface area contributed by atoms with Crippen molar-refractivity contribution >= 4 is 0 Å². The molecule has 1 N–H and O–H groups in total. The first-order valence-corrected chi connectivity index (χ1v) is 5.99. The van der Waals surface area contributed by atoms with Gasteiger partial charge < -0.3 is 5.32 Å². The van der Waals surface area contributed by atoms with E-state index in [1.165, 1.54) is 6.07 Å². The SMILES string of the molecule is Cc1cc([C@@H](CF)N2CCNCC2)ccc1F. The van der Waals surface area contributed by atoms with Crippen LogP contribution in [0.25, 0.3) is 0 Å². The van der Waals surface area contributed by atoms with Gasteiger partial charge in [0.05, 0.1) is 6.04 Å². The lowest BCUT2D eigenvalue weighted by molar-refractivity contribution is 0.147. The molecule has 0 aliphatic carbocycles. The van der Waals surface area contributed by atoms with Crippen molar-refractivity contribution in [1.82, 2.24) is 10.2 Å². The van der Waals surface area contributed by atoms with Gasteiger partial charge in [0.15, 0.2) is 0 Å². The molecule has 1 heterocycles. The lowest BCUT2D eigenvalue weighted by atomic mass is 10.0. The van der Waals surface area contributed by atoms with Crippen molar-refractivity contribution < 1.29 is 8.78 Å². The van der Waals surface area contributed by atoms with E-state index < -0.39 is 6.67 Å². The lowest BCUT2D eigenvalue weighted by Crippen LogP contribution is -2.45. The van der Waals surface area contributed by atoms with Crippen molar-refractivity contribution in [2.75, 3.05) is 32.9 Å². The molecule has 1 atom stereocenters. The molecule has 1 saturated heterocycles. The molecule has 1 aromatic carbocycles. The number of benzene rings is 1. The average molecular weight is 240 g/mol. The molecular formula is C13H18F2N2. The summed E-state index contributed by atoms with van der Waals surface area (Å²) in [6.07, 6.45) is 0. The molecule has 2 rings (SSSR count). The fraction of sp³-hybridized carbons (Fsp3) is 0.538. The third kappa shape index (κ3) is 2.82. The monoisotopic (exact) mass is 240 g/mol. The first kappa shape index (κ1) is 12.5. The maximum absolute atomic E-state index is 13.2. The summed E-state index contributed by atoms with van der Waals surface area (Å²) in [6, 6.07) is 4.63. The van der Waals surface area contributed by atoms with Crippen LogP contribution in [0.5, 0.6) is 0 Å². The Labute approximate surface area is 101 Å². The zero-order chi connectivity index (χ0) is 12.3. The molecule has 0 saturated carbocycles. The number of hydrogen-bond donors (Lipinski definition) is 1. The Kier molecular flexibility index (Phi) is 4.07. The van der Waals surface area contributed by atoms with Crippen molar-refractivity contribution in [1.29, 1.82) is 0 Å². The van der Waals surface area contributed by atoms with Crippen molar-refractivity contribution in [2.45, 2.75) is 13.0 Å². The number of rotatable bonds is 3. The Morgan fingerprint density at radius 1 is 1.35 bits per heavy atom. The Bertz CT molecular complexity index is 376. The van der Waals surface area contributed by atoms with Gasteiger partial charge >= 0.3 is 0 Å². The van der Waals surface area contributed by atoms with Gasteiger partial charge in [-0.05, 0) is 24.1 Å². The second-order valence-corrected chi connectivity index (χ2v) is 4.46. The van der Waals surface area contributed by atoms with Gasteiger partial charge in [-0.3, -0.25) is 4.90 Å². The second kappa shape index (κ2) is 5.56. The van der Waals surface area contributed by atoms with Crippen LogP contribution in [-0.2, 0) is 0 Å². The molecule has 0 amide bonds. The normalized spacial score (nSPS) is 19.2. The maximum Gasteiger partial charge on any atom is 0.126 e. The van der Waals surface area contributed by atoms with Crippen LogP contribution in [0.3, 0.4) is 0 Å². The van der Waals surface area contributed by atoms with Crippen molar-refractivity contribution in [3.05, 3.63) is 35.1 Å². The third-order valence-electron chi connectivity index (χ3n) is 3.31. The topological polar surface area (TPSA) is 15.3 Å². The number of hydrogen-bond acceptors (Lipinski definition) is 2. The molecule has 1 aliphatic rings. The number of aryl methyl sites for hydroxylation is 1. The predicted octanol–water partition coefficient (Wildman–Crippen LogP) is 2.05. The molecule has 0 aromatic heterocycles. The van der Waals surface area contributed by atoms with Crippen LogP contribution in [0.2, 0.25) is 0 Å². The second-order valence-electron chi connectivity index (χ2n) is 4.46. The van der Waals surface area contributed by atoms with Crippen LogP contribution in [0.1, 0.15) is 17.2 Å². The maximum atomic E-state index is 13.2. The summed E-state index contributed by atoms with van der Waals surface area (Å²) in [5.74, 6) is -0.230. The molecule has 2 nitrogen and oxygen atoms in total. The van der Waals surface area contributed by atoms with E-state index in [-0.39, 0.29) is 11.9 Å². The summed E-state index contributed by atoms with van der Waals surface area (Å²) in [6.45, 7) is 4.74. The van der Waals surface area contributed by atoms with Gasteiger partial charge in [0.1, 0.15) is 12.5 Å². The van der Waals surface area contributed by atoms with Crippen LogP contribution in [0.4, 0.5) is 8.78 Å². The van der Waals surface area contributed by atoms with Crippen molar-refractivity contribution in [2.24, 2.45) is 0 Å². The molecule has 17 heavy (non-hydrogen) atoms. The van der Waals surface area contributed by atoms with Gasteiger partial charge in [-0.15, -0.1) is 0 Å². The van der Waals surface area contributed by atoms with Crippen LogP contribution in [-0.4, -0.2) is 37.8 Å². The van der Waals surface area contributed by atoms with E-state index in [0.717, 1.165) is 31.7 Å². The van der Waals surface area contributed by atoms with E-state index in [1.807, 2.05) is 0 Å². The number of piperazine rings is 1. The molecule has 1 fully saturated rings. The average Bonchev–Trinajstić information content (AvgIpc) is 2.36. The molecule has 1 aromatic rings. The molecule has 94 valence electrons. The molecule has 0 radical (unpaired) electrons. The minimum atomic E-state index is -0.426. The molecule has 4 heteroatoms. The van der Waals surface area contributed by atoms with E-state index in [9.17, 15) is 8.78 Å². The van der Waals surface area contributed by atoms with Crippen LogP contribution < -0.4 is 5.32 Å². The van der Waals surface area contributed by atoms with Gasteiger partial charge in [-0.25, -0.2) is 8.78 Å². The Morgan fingerprint density at radius 3 is 2.65 bits per heavy atom. The zero-order valence-electron chi connectivity index (χ0n) is 10.0. The number of alkyl halides is 1. The lowest BCUT2D eigenvalue weighted by Gasteiger charge is -2.33. The highest BCUT2D eigenvalue weighted by atomic mass is 19.1. The van der Waals surface area contributed by atoms with Gasteiger partial charge in [0.25, 0.3) is 0 Å². The summed E-state index contributed by atoms with van der Waals surface area (Å²) in [7, 11) is 0. The fourth-order valence-electron chi connectivity index (χ4n) is 2.27. The quantitative estimate of drug-likeness (QED) is 0.870. The minimum Gasteiger partial charge on any atom is -0.314 e. The summed E-state index contributed by atoms with van der Waals surface area (Å²) < 4.78 is 26.4. The smallest absolute Gasteiger partial charge is 0.126 e. The molecule has 0 bridgehead atoms. The summed E-state index contributed by atoms with van der Waals surface area (Å²) in [5.41, 5.74) is 1.45. The predicted molar refractivity (Wildman–Crippen MR) is 64.3 cm³/mol. The largest absolute Gasteiger partial charge is 0.314 e.